The molecule has 1 aliphatic heterocycles. The van der Waals surface area contributed by atoms with E-state index in [-0.39, 0.29) is 24.9 Å². The van der Waals surface area contributed by atoms with Crippen LogP contribution in [-0.2, 0) is 4.79 Å². The van der Waals surface area contributed by atoms with E-state index in [0.29, 0.717) is 0 Å². The first-order valence-corrected chi connectivity index (χ1v) is 4.48. The summed E-state index contributed by atoms with van der Waals surface area (Å²) in [5, 5.41) is 12.2. The molecule has 0 radical (unpaired) electrons. The second-order valence-electron chi connectivity index (χ2n) is 3.57. The lowest BCUT2D eigenvalue weighted by Gasteiger charge is -2.35. The van der Waals surface area contributed by atoms with Crippen molar-refractivity contribution in [1.29, 1.82) is 0 Å². The van der Waals surface area contributed by atoms with Crippen molar-refractivity contribution < 1.29 is 14.7 Å². The standard InChI is InChI=1S/C8H14N4O3/c1-11(2)5-9-10-7(13)6-3-12(4-6)8(14)15/h5-6H,3-4H2,1-2H3,(H,10,13)(H,14,15)/b9-5+. The Bertz CT molecular complexity index is 284. The van der Waals surface area contributed by atoms with Crippen molar-refractivity contribution in [2.75, 3.05) is 27.2 Å². The smallest absolute Gasteiger partial charge is 0.407 e. The highest BCUT2D eigenvalue weighted by Crippen LogP contribution is 2.14. The summed E-state index contributed by atoms with van der Waals surface area (Å²) < 4.78 is 0. The number of nitrogens with zero attached hydrogens (tertiary/aromatic N) is 3. The van der Waals surface area contributed by atoms with Gasteiger partial charge >= 0.3 is 6.09 Å². The lowest BCUT2D eigenvalue weighted by atomic mass is 10.0. The van der Waals surface area contributed by atoms with Crippen molar-refractivity contribution in [2.45, 2.75) is 0 Å². The fraction of sp³-hybridized carbons (Fsp3) is 0.625. The van der Waals surface area contributed by atoms with Crippen LogP contribution >= 0.6 is 0 Å². The number of nitrogens with one attached hydrogen (secondary N) is 1. The zero-order valence-electron chi connectivity index (χ0n) is 8.67. The predicted molar refractivity (Wildman–Crippen MR) is 53.4 cm³/mol. The third kappa shape index (κ3) is 3.12. The first-order valence-electron chi connectivity index (χ1n) is 4.48. The molecule has 0 aromatic rings. The molecule has 1 rings (SSSR count). The van der Waals surface area contributed by atoms with Crippen LogP contribution in [0.3, 0.4) is 0 Å². The van der Waals surface area contributed by atoms with E-state index in [2.05, 4.69) is 10.5 Å². The summed E-state index contributed by atoms with van der Waals surface area (Å²) in [5.74, 6) is -0.522. The molecule has 0 aromatic carbocycles. The van der Waals surface area contributed by atoms with Crippen LogP contribution in [0.5, 0.6) is 0 Å². The van der Waals surface area contributed by atoms with Crippen molar-refractivity contribution >= 4 is 18.3 Å². The summed E-state index contributed by atoms with van der Waals surface area (Å²) >= 11 is 0. The molecule has 0 atom stereocenters. The number of carboxylic acid groups (broad SMARTS) is 1. The maximum atomic E-state index is 11.3. The second-order valence-corrected chi connectivity index (χ2v) is 3.57. The van der Waals surface area contributed by atoms with E-state index in [0.717, 1.165) is 0 Å². The molecule has 1 aliphatic rings. The minimum atomic E-state index is -0.990. The molecule has 1 fully saturated rings. The Morgan fingerprint density at radius 2 is 2.13 bits per heavy atom. The van der Waals surface area contributed by atoms with Crippen LogP contribution < -0.4 is 5.43 Å². The number of carbonyl (C=O) groups is 2. The summed E-state index contributed by atoms with van der Waals surface area (Å²) in [6.45, 7) is 0.497. The van der Waals surface area contributed by atoms with Gasteiger partial charge in [-0.2, -0.15) is 5.10 Å². The largest absolute Gasteiger partial charge is 0.465 e. The van der Waals surface area contributed by atoms with Crippen molar-refractivity contribution in [3.63, 3.8) is 0 Å². The number of amides is 2. The lowest BCUT2D eigenvalue weighted by molar-refractivity contribution is -0.129. The topological polar surface area (TPSA) is 85.2 Å². The van der Waals surface area contributed by atoms with Crippen LogP contribution in [-0.4, -0.2) is 60.4 Å². The summed E-state index contributed by atoms with van der Waals surface area (Å²) in [7, 11) is 3.57. The quantitative estimate of drug-likeness (QED) is 0.366. The normalized spacial score (nSPS) is 16.3. The SMILES string of the molecule is CN(C)/C=N/NC(=O)C1CN(C(=O)O)C1. The summed E-state index contributed by atoms with van der Waals surface area (Å²) in [4.78, 5) is 24.6. The predicted octanol–water partition coefficient (Wildman–Crippen LogP) is -0.783. The van der Waals surface area contributed by atoms with Crippen LogP contribution in [0.1, 0.15) is 0 Å². The van der Waals surface area contributed by atoms with Crippen molar-refractivity contribution in [1.82, 2.24) is 15.2 Å². The monoisotopic (exact) mass is 214 g/mol. The molecule has 84 valence electrons. The molecule has 0 aromatic heterocycles. The molecule has 1 saturated heterocycles. The van der Waals surface area contributed by atoms with Gasteiger partial charge in [-0.15, -0.1) is 0 Å². The molecule has 7 heteroatoms. The molecule has 0 aliphatic carbocycles. The van der Waals surface area contributed by atoms with Crippen LogP contribution in [0.2, 0.25) is 0 Å². The van der Waals surface area contributed by atoms with Gasteiger partial charge in [-0.25, -0.2) is 10.2 Å². The zero-order valence-corrected chi connectivity index (χ0v) is 8.67. The van der Waals surface area contributed by atoms with Gasteiger partial charge in [-0.1, -0.05) is 0 Å². The molecule has 0 unspecified atom stereocenters. The van der Waals surface area contributed by atoms with Gasteiger partial charge in [0.05, 0.1) is 5.92 Å². The lowest BCUT2D eigenvalue weighted by Crippen LogP contribution is -2.54. The molecule has 2 amide bonds. The Kier molecular flexibility index (Phi) is 3.48. The minimum Gasteiger partial charge on any atom is -0.465 e. The van der Waals surface area contributed by atoms with E-state index in [1.54, 1.807) is 19.0 Å². The van der Waals surface area contributed by atoms with Gasteiger partial charge in [-0.05, 0) is 0 Å². The van der Waals surface area contributed by atoms with Crippen molar-refractivity contribution in [3.8, 4) is 0 Å². The summed E-state index contributed by atoms with van der Waals surface area (Å²) in [6, 6.07) is 0. The fourth-order valence-electron chi connectivity index (χ4n) is 1.10. The van der Waals surface area contributed by atoms with Crippen LogP contribution in [0, 0.1) is 5.92 Å². The van der Waals surface area contributed by atoms with Gasteiger partial charge in [0.1, 0.15) is 6.34 Å². The molecule has 1 heterocycles. The number of rotatable bonds is 3. The number of hydrogen-bond donors (Lipinski definition) is 2. The molecular weight excluding hydrogens is 200 g/mol. The first kappa shape index (κ1) is 11.3. The van der Waals surface area contributed by atoms with Gasteiger partial charge in [0.2, 0.25) is 5.91 Å². The Labute approximate surface area is 87.3 Å². The average Bonchev–Trinajstić information content (AvgIpc) is 1.99. The van der Waals surface area contributed by atoms with Gasteiger partial charge in [-0.3, -0.25) is 4.79 Å². The van der Waals surface area contributed by atoms with E-state index >= 15 is 0 Å². The van der Waals surface area contributed by atoms with E-state index in [9.17, 15) is 9.59 Å². The molecular formula is C8H14N4O3. The highest BCUT2D eigenvalue weighted by atomic mass is 16.4. The summed E-state index contributed by atoms with van der Waals surface area (Å²) in [5.41, 5.74) is 2.34. The highest BCUT2D eigenvalue weighted by Gasteiger charge is 2.35. The molecule has 0 spiro atoms. The summed E-state index contributed by atoms with van der Waals surface area (Å²) in [6.07, 6.45) is 0.474. The number of hydrogen-bond acceptors (Lipinski definition) is 3. The minimum absolute atomic E-state index is 0.245. The number of hydrazone groups is 1. The van der Waals surface area contributed by atoms with Gasteiger partial charge in [0.15, 0.2) is 0 Å². The number of carbonyl (C=O) groups excluding carboxylic acids is 1. The second kappa shape index (κ2) is 4.63. The van der Waals surface area contributed by atoms with E-state index in [1.165, 1.54) is 11.2 Å². The molecule has 7 nitrogen and oxygen atoms in total. The maximum Gasteiger partial charge on any atom is 0.407 e. The molecule has 2 N–H and O–H groups in total. The van der Waals surface area contributed by atoms with Gasteiger partial charge in [0, 0.05) is 27.2 Å². The van der Waals surface area contributed by atoms with Gasteiger partial charge < -0.3 is 14.9 Å². The third-order valence-corrected chi connectivity index (χ3v) is 1.99. The zero-order chi connectivity index (χ0) is 11.4. The van der Waals surface area contributed by atoms with E-state index in [1.807, 2.05) is 0 Å². The van der Waals surface area contributed by atoms with Crippen LogP contribution in [0.4, 0.5) is 4.79 Å². The van der Waals surface area contributed by atoms with Crippen molar-refractivity contribution in [3.05, 3.63) is 0 Å². The Morgan fingerprint density at radius 3 is 2.60 bits per heavy atom. The Balaban J connectivity index is 2.24. The highest BCUT2D eigenvalue weighted by molar-refractivity contribution is 5.82. The first-order chi connectivity index (χ1) is 7.00. The van der Waals surface area contributed by atoms with Crippen LogP contribution in [0.25, 0.3) is 0 Å². The maximum absolute atomic E-state index is 11.3. The third-order valence-electron chi connectivity index (χ3n) is 1.99. The van der Waals surface area contributed by atoms with E-state index < -0.39 is 6.09 Å². The molecule has 0 saturated carbocycles. The van der Waals surface area contributed by atoms with Crippen molar-refractivity contribution in [2.24, 2.45) is 11.0 Å². The van der Waals surface area contributed by atoms with Gasteiger partial charge in [0.25, 0.3) is 0 Å². The number of likely N-dealkylation sites (tertiary alicyclic amines) is 1. The molecule has 15 heavy (non-hydrogen) atoms. The average molecular weight is 214 g/mol. The van der Waals surface area contributed by atoms with Crippen LogP contribution in [0.15, 0.2) is 5.10 Å². The van der Waals surface area contributed by atoms with E-state index in [4.69, 9.17) is 5.11 Å². The molecule has 0 bridgehead atoms. The fourth-order valence-corrected chi connectivity index (χ4v) is 1.10. The Morgan fingerprint density at radius 1 is 1.53 bits per heavy atom. The Hall–Kier alpha value is -1.79.